The van der Waals surface area contributed by atoms with Crippen molar-refractivity contribution in [2.75, 3.05) is 26.2 Å². The Morgan fingerprint density at radius 2 is 1.57 bits per heavy atom. The number of piperidine rings is 1. The lowest BCUT2D eigenvalue weighted by Gasteiger charge is -2.43. The van der Waals surface area contributed by atoms with Gasteiger partial charge in [-0.2, -0.15) is 0 Å². The number of carbonyl (C=O) groups is 3. The molecule has 202 valence electrons. The summed E-state index contributed by atoms with van der Waals surface area (Å²) in [4.78, 5) is 43.9. The molecule has 1 aliphatic heterocycles. The van der Waals surface area contributed by atoms with E-state index in [1.165, 1.54) is 5.56 Å². The number of amides is 3. The summed E-state index contributed by atoms with van der Waals surface area (Å²) < 4.78 is 0. The van der Waals surface area contributed by atoms with Crippen LogP contribution in [0.1, 0.15) is 69.8 Å². The molecule has 5 rings (SSSR count). The summed E-state index contributed by atoms with van der Waals surface area (Å²) in [5.41, 5.74) is 7.06. The number of nitrogens with two attached hydrogens (primary N) is 1. The third-order valence-corrected chi connectivity index (χ3v) is 9.09. The molecule has 1 aromatic carbocycles. The number of hydrogen-bond donors (Lipinski definition) is 2. The van der Waals surface area contributed by atoms with Gasteiger partial charge >= 0.3 is 0 Å². The Bertz CT molecular complexity index is 937. The van der Waals surface area contributed by atoms with E-state index in [9.17, 15) is 14.4 Å². The highest BCUT2D eigenvalue weighted by Crippen LogP contribution is 2.36. The Balaban J connectivity index is 1.25. The number of hydrogen-bond acceptors (Lipinski definition) is 4. The lowest BCUT2D eigenvalue weighted by atomic mass is 9.82. The molecule has 2 atom stereocenters. The summed E-state index contributed by atoms with van der Waals surface area (Å²) in [6, 6.07) is 9.80. The van der Waals surface area contributed by atoms with Crippen molar-refractivity contribution in [1.82, 2.24) is 15.1 Å². The topological polar surface area (TPSA) is 95.7 Å². The van der Waals surface area contributed by atoms with Gasteiger partial charge in [0, 0.05) is 37.5 Å². The second-order valence-corrected chi connectivity index (χ2v) is 11.9. The fourth-order valence-electron chi connectivity index (χ4n) is 6.27. The van der Waals surface area contributed by atoms with Crippen molar-refractivity contribution in [3.05, 3.63) is 35.9 Å². The molecule has 7 nitrogen and oxygen atoms in total. The molecule has 1 heterocycles. The summed E-state index contributed by atoms with van der Waals surface area (Å²) in [7, 11) is 0. The van der Waals surface area contributed by atoms with Crippen molar-refractivity contribution >= 4 is 17.7 Å². The maximum Gasteiger partial charge on any atom is 0.242 e. The Hall–Kier alpha value is -2.41. The normalized spacial score (nSPS) is 28.0. The summed E-state index contributed by atoms with van der Waals surface area (Å²) in [6.45, 7) is 2.64. The molecule has 3 saturated carbocycles. The van der Waals surface area contributed by atoms with Crippen LogP contribution in [0.5, 0.6) is 0 Å². The van der Waals surface area contributed by atoms with E-state index < -0.39 is 6.04 Å². The van der Waals surface area contributed by atoms with Gasteiger partial charge in [-0.15, -0.1) is 0 Å². The Morgan fingerprint density at radius 1 is 0.892 bits per heavy atom. The fourth-order valence-corrected chi connectivity index (χ4v) is 6.27. The summed E-state index contributed by atoms with van der Waals surface area (Å²) >= 11 is 0. The van der Waals surface area contributed by atoms with Gasteiger partial charge in [0.25, 0.3) is 0 Å². The highest BCUT2D eigenvalue weighted by molar-refractivity contribution is 5.90. The van der Waals surface area contributed by atoms with Gasteiger partial charge in [-0.25, -0.2) is 0 Å². The van der Waals surface area contributed by atoms with E-state index in [1.807, 2.05) is 23.1 Å². The molecule has 0 bridgehead atoms. The molecule has 4 aliphatic rings. The van der Waals surface area contributed by atoms with Crippen LogP contribution < -0.4 is 11.1 Å². The van der Waals surface area contributed by atoms with Gasteiger partial charge < -0.3 is 20.9 Å². The molecule has 1 aromatic rings. The first kappa shape index (κ1) is 26.2. The third kappa shape index (κ3) is 6.73. The van der Waals surface area contributed by atoms with Crippen molar-refractivity contribution in [2.24, 2.45) is 29.4 Å². The van der Waals surface area contributed by atoms with Crippen molar-refractivity contribution in [3.8, 4) is 0 Å². The highest BCUT2D eigenvalue weighted by atomic mass is 16.2. The SMILES string of the molecule is NCC1CCC(CNC(=O)[C@H]2CC(N(CCc3ccccc3)C(=O)C3CC3)CCN2C(=O)C2CC2)CC1. The van der Waals surface area contributed by atoms with Gasteiger partial charge in [0.2, 0.25) is 17.7 Å². The van der Waals surface area contributed by atoms with E-state index in [0.717, 1.165) is 70.8 Å². The summed E-state index contributed by atoms with van der Waals surface area (Å²) in [5.74, 6) is 1.64. The van der Waals surface area contributed by atoms with Gasteiger partial charge in [0.15, 0.2) is 0 Å². The van der Waals surface area contributed by atoms with Crippen LogP contribution in [0.4, 0.5) is 0 Å². The first-order valence-corrected chi connectivity index (χ1v) is 14.7. The van der Waals surface area contributed by atoms with Crippen LogP contribution in [0.3, 0.4) is 0 Å². The van der Waals surface area contributed by atoms with Crippen LogP contribution >= 0.6 is 0 Å². The Morgan fingerprint density at radius 3 is 2.22 bits per heavy atom. The summed E-state index contributed by atoms with van der Waals surface area (Å²) in [5, 5.41) is 3.21. The molecule has 3 N–H and O–H groups in total. The second-order valence-electron chi connectivity index (χ2n) is 11.9. The van der Waals surface area contributed by atoms with Gasteiger partial charge in [-0.3, -0.25) is 14.4 Å². The zero-order valence-electron chi connectivity index (χ0n) is 22.2. The number of rotatable bonds is 10. The predicted molar refractivity (Wildman–Crippen MR) is 143 cm³/mol. The van der Waals surface area contributed by atoms with Crippen molar-refractivity contribution in [3.63, 3.8) is 0 Å². The average Bonchev–Trinajstić information content (AvgIpc) is 3.85. The van der Waals surface area contributed by atoms with Gasteiger partial charge in [-0.05, 0) is 94.6 Å². The number of likely N-dealkylation sites (tertiary alicyclic amines) is 1. The molecule has 3 amide bonds. The van der Waals surface area contributed by atoms with Crippen molar-refractivity contribution < 1.29 is 14.4 Å². The van der Waals surface area contributed by atoms with Gasteiger partial charge in [-0.1, -0.05) is 30.3 Å². The van der Waals surface area contributed by atoms with Crippen molar-refractivity contribution in [2.45, 2.75) is 82.7 Å². The zero-order chi connectivity index (χ0) is 25.8. The van der Waals surface area contributed by atoms with Gasteiger partial charge in [0.1, 0.15) is 6.04 Å². The minimum Gasteiger partial charge on any atom is -0.354 e. The molecule has 3 aliphatic carbocycles. The zero-order valence-corrected chi connectivity index (χ0v) is 22.2. The maximum absolute atomic E-state index is 13.6. The smallest absolute Gasteiger partial charge is 0.242 e. The summed E-state index contributed by atoms with van der Waals surface area (Å²) in [6.07, 6.45) is 10.4. The van der Waals surface area contributed by atoms with Crippen LogP contribution in [-0.2, 0) is 20.8 Å². The van der Waals surface area contributed by atoms with E-state index in [4.69, 9.17) is 5.73 Å². The maximum atomic E-state index is 13.6. The van der Waals surface area contributed by atoms with Crippen LogP contribution in [0.25, 0.3) is 0 Å². The number of nitrogens with one attached hydrogen (secondary N) is 1. The molecule has 0 radical (unpaired) electrons. The van der Waals surface area contributed by atoms with E-state index in [-0.39, 0.29) is 35.6 Å². The third-order valence-electron chi connectivity index (χ3n) is 9.09. The van der Waals surface area contributed by atoms with E-state index in [0.29, 0.717) is 37.9 Å². The lowest BCUT2D eigenvalue weighted by Crippen LogP contribution is -2.59. The quantitative estimate of drug-likeness (QED) is 0.508. The highest BCUT2D eigenvalue weighted by Gasteiger charge is 2.45. The standard InChI is InChI=1S/C30H44N4O3/c31-19-22-6-8-23(9-7-22)20-32-28(35)27-18-26(15-17-34(27)30(37)25-12-13-25)33(29(36)24-10-11-24)16-14-21-4-2-1-3-5-21/h1-5,22-27H,6-20,31H2,(H,32,35)/t22?,23?,26?,27-/m1/s1. The monoisotopic (exact) mass is 508 g/mol. The minimum absolute atomic E-state index is 0.00388. The van der Waals surface area contributed by atoms with Crippen LogP contribution in [0, 0.1) is 23.7 Å². The van der Waals surface area contributed by atoms with Crippen molar-refractivity contribution in [1.29, 1.82) is 0 Å². The minimum atomic E-state index is -0.488. The molecular formula is C30H44N4O3. The predicted octanol–water partition coefficient (Wildman–Crippen LogP) is 3.12. The average molecular weight is 509 g/mol. The molecule has 1 unspecified atom stereocenters. The van der Waals surface area contributed by atoms with E-state index in [2.05, 4.69) is 22.3 Å². The van der Waals surface area contributed by atoms with Crippen LogP contribution in [-0.4, -0.2) is 65.8 Å². The molecule has 37 heavy (non-hydrogen) atoms. The molecule has 7 heteroatoms. The first-order chi connectivity index (χ1) is 18.0. The van der Waals surface area contributed by atoms with E-state index >= 15 is 0 Å². The van der Waals surface area contributed by atoms with Crippen LogP contribution in [0.2, 0.25) is 0 Å². The molecule has 0 spiro atoms. The molecule has 1 saturated heterocycles. The molecular weight excluding hydrogens is 464 g/mol. The first-order valence-electron chi connectivity index (χ1n) is 14.7. The number of benzene rings is 1. The fraction of sp³-hybridized carbons (Fsp3) is 0.700. The number of nitrogens with zero attached hydrogens (tertiary/aromatic N) is 2. The van der Waals surface area contributed by atoms with Gasteiger partial charge in [0.05, 0.1) is 0 Å². The molecule has 0 aromatic heterocycles. The lowest BCUT2D eigenvalue weighted by molar-refractivity contribution is -0.147. The molecule has 4 fully saturated rings. The second kappa shape index (κ2) is 12.0. The van der Waals surface area contributed by atoms with Crippen LogP contribution in [0.15, 0.2) is 30.3 Å². The Kier molecular flexibility index (Phi) is 8.48. The largest absolute Gasteiger partial charge is 0.354 e. The number of carbonyl (C=O) groups excluding carboxylic acids is 3. The van der Waals surface area contributed by atoms with E-state index in [1.54, 1.807) is 0 Å². The Labute approximate surface area is 221 Å².